The molecule has 0 saturated heterocycles. The van der Waals surface area contributed by atoms with E-state index in [1.807, 2.05) is 12.1 Å². The summed E-state index contributed by atoms with van der Waals surface area (Å²) in [6.07, 6.45) is 4.48. The molecule has 0 spiro atoms. The summed E-state index contributed by atoms with van der Waals surface area (Å²) in [7, 11) is 1.48. The summed E-state index contributed by atoms with van der Waals surface area (Å²) in [4.78, 5) is 25.3. The van der Waals surface area contributed by atoms with Gasteiger partial charge < -0.3 is 0 Å². The van der Waals surface area contributed by atoms with E-state index >= 15 is 0 Å². The van der Waals surface area contributed by atoms with Crippen LogP contribution in [0.25, 0.3) is 0 Å². The van der Waals surface area contributed by atoms with Crippen molar-refractivity contribution in [3.63, 3.8) is 0 Å². The minimum absolute atomic E-state index is 0.000882. The van der Waals surface area contributed by atoms with E-state index in [9.17, 15) is 9.70 Å². The molecule has 0 aromatic carbocycles. The van der Waals surface area contributed by atoms with E-state index < -0.39 is 0 Å². The first-order valence-electron chi connectivity index (χ1n) is 4.67. The maximum absolute atomic E-state index is 11.3. The lowest BCUT2D eigenvalue weighted by molar-refractivity contribution is -0.119. The Morgan fingerprint density at radius 1 is 1.60 bits per heavy atom. The lowest BCUT2D eigenvalue weighted by Crippen LogP contribution is -2.20. The maximum Gasteiger partial charge on any atom is 0.154 e. The second kappa shape index (κ2) is 5.85. The standard InChI is InChI=1S/C10H13N3O2/c1-13(12-15)8-10(14)5-4-9-3-2-6-11-7-9/h2-3,6-7H,4-5,8H2,1H3. The number of nitroso groups, excluding NO2 is 1. The Hall–Kier alpha value is -1.78. The molecule has 80 valence electrons. The van der Waals surface area contributed by atoms with Crippen molar-refractivity contribution < 1.29 is 4.79 Å². The van der Waals surface area contributed by atoms with Gasteiger partial charge in [-0.25, -0.2) is 0 Å². The molecule has 0 atom stereocenters. The average molecular weight is 207 g/mol. The van der Waals surface area contributed by atoms with Crippen LogP contribution in [0.3, 0.4) is 0 Å². The Labute approximate surface area is 88.1 Å². The molecule has 1 heterocycles. The van der Waals surface area contributed by atoms with Crippen LogP contribution < -0.4 is 0 Å². The molecule has 0 aliphatic rings. The maximum atomic E-state index is 11.3. The van der Waals surface area contributed by atoms with Gasteiger partial charge in [0.2, 0.25) is 0 Å². The van der Waals surface area contributed by atoms with Gasteiger partial charge in [-0.05, 0) is 18.1 Å². The van der Waals surface area contributed by atoms with Gasteiger partial charge in [0.05, 0.1) is 11.8 Å². The number of ketones is 1. The quantitative estimate of drug-likeness (QED) is 0.519. The Bertz CT molecular complexity index is 327. The normalized spacial score (nSPS) is 9.67. The zero-order chi connectivity index (χ0) is 11.1. The van der Waals surface area contributed by atoms with Crippen LogP contribution in [-0.4, -0.2) is 29.4 Å². The van der Waals surface area contributed by atoms with Crippen molar-refractivity contribution in [2.75, 3.05) is 13.6 Å². The smallest absolute Gasteiger partial charge is 0.154 e. The number of carbonyl (C=O) groups is 1. The first-order chi connectivity index (χ1) is 7.22. The van der Waals surface area contributed by atoms with Crippen LogP contribution in [0, 0.1) is 4.91 Å². The van der Waals surface area contributed by atoms with Gasteiger partial charge in [0.25, 0.3) is 0 Å². The van der Waals surface area contributed by atoms with E-state index in [1.165, 1.54) is 7.05 Å². The van der Waals surface area contributed by atoms with Gasteiger partial charge in [0.15, 0.2) is 5.78 Å². The van der Waals surface area contributed by atoms with Crippen LogP contribution in [0.5, 0.6) is 0 Å². The predicted molar refractivity (Wildman–Crippen MR) is 56.0 cm³/mol. The van der Waals surface area contributed by atoms with Gasteiger partial charge in [-0.2, -0.15) is 0 Å². The second-order valence-corrected chi connectivity index (χ2v) is 3.30. The highest BCUT2D eigenvalue weighted by atomic mass is 16.3. The van der Waals surface area contributed by atoms with E-state index in [2.05, 4.69) is 10.3 Å². The topological polar surface area (TPSA) is 62.6 Å². The van der Waals surface area contributed by atoms with Crippen LogP contribution in [0.2, 0.25) is 0 Å². The van der Waals surface area contributed by atoms with Crippen LogP contribution in [0.1, 0.15) is 12.0 Å². The van der Waals surface area contributed by atoms with Crippen molar-refractivity contribution in [3.05, 3.63) is 35.0 Å². The molecule has 0 radical (unpaired) electrons. The Kier molecular flexibility index (Phi) is 4.40. The number of rotatable bonds is 6. The highest BCUT2D eigenvalue weighted by molar-refractivity contribution is 5.80. The molecule has 0 aliphatic heterocycles. The minimum Gasteiger partial charge on any atom is -0.298 e. The largest absolute Gasteiger partial charge is 0.298 e. The fraction of sp³-hybridized carbons (Fsp3) is 0.400. The summed E-state index contributed by atoms with van der Waals surface area (Å²) in [6.45, 7) is 0.0732. The van der Waals surface area contributed by atoms with Crippen LogP contribution in [-0.2, 0) is 11.2 Å². The van der Waals surface area contributed by atoms with Gasteiger partial charge in [0.1, 0.15) is 0 Å². The zero-order valence-electron chi connectivity index (χ0n) is 8.59. The van der Waals surface area contributed by atoms with E-state index in [4.69, 9.17) is 0 Å². The number of hydrogen-bond donors (Lipinski definition) is 0. The van der Waals surface area contributed by atoms with Gasteiger partial charge in [-0.3, -0.25) is 14.8 Å². The summed E-state index contributed by atoms with van der Waals surface area (Å²) in [5, 5.41) is 3.72. The van der Waals surface area contributed by atoms with Crippen LogP contribution in [0.4, 0.5) is 0 Å². The Morgan fingerprint density at radius 3 is 3.00 bits per heavy atom. The summed E-state index contributed by atoms with van der Waals surface area (Å²) in [6, 6.07) is 3.75. The second-order valence-electron chi connectivity index (χ2n) is 3.30. The minimum atomic E-state index is 0.000882. The molecular weight excluding hydrogens is 194 g/mol. The molecule has 0 amide bonds. The number of nitrogens with zero attached hydrogens (tertiary/aromatic N) is 3. The molecular formula is C10H13N3O2. The molecule has 5 nitrogen and oxygen atoms in total. The van der Waals surface area contributed by atoms with Gasteiger partial charge >= 0.3 is 0 Å². The lowest BCUT2D eigenvalue weighted by Gasteiger charge is -2.06. The Balaban J connectivity index is 2.31. The summed E-state index contributed by atoms with van der Waals surface area (Å²) in [5.74, 6) is 0.000882. The van der Waals surface area contributed by atoms with E-state index in [-0.39, 0.29) is 12.3 Å². The third-order valence-electron chi connectivity index (χ3n) is 1.96. The number of carbonyl (C=O) groups excluding carboxylic acids is 1. The Morgan fingerprint density at radius 2 is 2.40 bits per heavy atom. The van der Waals surface area contributed by atoms with E-state index in [1.54, 1.807) is 12.4 Å². The number of pyridine rings is 1. The molecule has 5 heteroatoms. The molecule has 1 aromatic rings. The van der Waals surface area contributed by atoms with Crippen molar-refractivity contribution in [2.45, 2.75) is 12.8 Å². The first kappa shape index (κ1) is 11.3. The molecule has 1 rings (SSSR count). The van der Waals surface area contributed by atoms with Crippen LogP contribution in [0.15, 0.2) is 29.8 Å². The molecule has 15 heavy (non-hydrogen) atoms. The summed E-state index contributed by atoms with van der Waals surface area (Å²) < 4.78 is 0. The number of hydrogen-bond acceptors (Lipinski definition) is 4. The third kappa shape index (κ3) is 4.30. The molecule has 0 unspecified atom stereocenters. The number of Topliss-reactive ketones (excluding diaryl/α,β-unsaturated/α-hetero) is 1. The molecule has 0 bridgehead atoms. The number of aromatic nitrogens is 1. The van der Waals surface area contributed by atoms with Crippen molar-refractivity contribution in [1.82, 2.24) is 9.99 Å². The molecule has 0 aliphatic carbocycles. The predicted octanol–water partition coefficient (Wildman–Crippen LogP) is 1.20. The molecule has 0 N–H and O–H groups in total. The van der Waals surface area contributed by atoms with Gasteiger partial charge in [-0.15, -0.1) is 4.91 Å². The first-order valence-corrected chi connectivity index (χ1v) is 4.67. The van der Waals surface area contributed by atoms with E-state index in [0.717, 1.165) is 10.6 Å². The number of aryl methyl sites for hydroxylation is 1. The molecule has 1 aromatic heterocycles. The highest BCUT2D eigenvalue weighted by Crippen LogP contribution is 2.01. The molecule has 0 saturated carbocycles. The van der Waals surface area contributed by atoms with Crippen molar-refractivity contribution in [1.29, 1.82) is 0 Å². The zero-order valence-corrected chi connectivity index (χ0v) is 8.59. The lowest BCUT2D eigenvalue weighted by atomic mass is 10.1. The van der Waals surface area contributed by atoms with Crippen molar-refractivity contribution in [2.24, 2.45) is 5.29 Å². The summed E-state index contributed by atoms with van der Waals surface area (Å²) >= 11 is 0. The molecule has 0 fully saturated rings. The monoisotopic (exact) mass is 207 g/mol. The van der Waals surface area contributed by atoms with Gasteiger partial charge in [0, 0.05) is 25.9 Å². The number of likely N-dealkylation sites (N-methyl/N-ethyl adjacent to an activating group) is 1. The van der Waals surface area contributed by atoms with Crippen molar-refractivity contribution in [3.8, 4) is 0 Å². The van der Waals surface area contributed by atoms with Crippen LogP contribution >= 0.6 is 0 Å². The van der Waals surface area contributed by atoms with Gasteiger partial charge in [-0.1, -0.05) is 6.07 Å². The fourth-order valence-corrected chi connectivity index (χ4v) is 1.19. The van der Waals surface area contributed by atoms with Crippen molar-refractivity contribution >= 4 is 5.78 Å². The third-order valence-corrected chi connectivity index (χ3v) is 1.96. The SMILES string of the molecule is CN(CC(=O)CCc1cccnc1)N=O. The highest BCUT2D eigenvalue weighted by Gasteiger charge is 2.05. The van der Waals surface area contributed by atoms with E-state index in [0.29, 0.717) is 12.8 Å². The average Bonchev–Trinajstić information content (AvgIpc) is 2.27. The fourth-order valence-electron chi connectivity index (χ4n) is 1.19. The summed E-state index contributed by atoms with van der Waals surface area (Å²) in [5.41, 5.74) is 1.02.